The van der Waals surface area contributed by atoms with Crippen molar-refractivity contribution in [1.82, 2.24) is 0 Å². The SMILES string of the molecule is CCCCCCCCCC/C=C\CCCCCCCCCCCC(=O)OC(COCCCCCCCCCCCC)COP(=O)(O)OCC(O)CO. The van der Waals surface area contributed by atoms with Crippen LogP contribution in [0.5, 0.6) is 0 Å². The maximum atomic E-state index is 12.6. The van der Waals surface area contributed by atoms with E-state index in [-0.39, 0.29) is 25.6 Å². The first kappa shape index (κ1) is 51.2. The average Bonchev–Trinajstić information content (AvgIpc) is 3.13. The van der Waals surface area contributed by atoms with Crippen LogP contribution in [-0.2, 0) is 27.9 Å². The normalized spacial score (nSPS) is 14.2. The fourth-order valence-corrected chi connectivity index (χ4v) is 6.91. The Balaban J connectivity index is 4.06. The van der Waals surface area contributed by atoms with Crippen LogP contribution in [0.1, 0.15) is 206 Å². The molecule has 0 radical (unpaired) electrons. The van der Waals surface area contributed by atoms with E-state index in [4.69, 9.17) is 23.6 Å². The first-order valence-electron chi connectivity index (χ1n) is 21.7. The van der Waals surface area contributed by atoms with E-state index in [0.29, 0.717) is 6.61 Å². The lowest BCUT2D eigenvalue weighted by atomic mass is 10.1. The molecule has 0 aromatic carbocycles. The zero-order valence-corrected chi connectivity index (χ0v) is 34.7. The molecule has 3 unspecified atom stereocenters. The fraction of sp³-hybridized carbons (Fsp3) is 0.929. The highest BCUT2D eigenvalue weighted by Gasteiger charge is 2.26. The minimum absolute atomic E-state index is 0.0536. The minimum atomic E-state index is -4.51. The summed E-state index contributed by atoms with van der Waals surface area (Å²) >= 11 is 0. The molecule has 10 heteroatoms. The number of phosphoric acid groups is 1. The van der Waals surface area contributed by atoms with Crippen LogP contribution in [0.3, 0.4) is 0 Å². The molecule has 3 atom stereocenters. The standard InChI is InChI=1S/C42H83O9P/c1-3-5-7-9-11-13-15-16-17-18-19-20-21-22-23-24-25-26-28-30-32-34-42(45)51-41(39-50-52(46,47)49-37-40(44)36-43)38-48-35-33-31-29-27-14-12-10-8-6-4-2/h18-19,40-41,43-44H,3-17,20-39H2,1-2H3,(H,46,47)/b19-18-. The highest BCUT2D eigenvalue weighted by molar-refractivity contribution is 7.47. The maximum absolute atomic E-state index is 12.6. The third-order valence-corrected chi connectivity index (χ3v) is 10.4. The van der Waals surface area contributed by atoms with Crippen LogP contribution in [0.2, 0.25) is 0 Å². The van der Waals surface area contributed by atoms with Gasteiger partial charge in [-0.05, 0) is 38.5 Å². The molecule has 0 bridgehead atoms. The second-order valence-corrected chi connectivity index (χ2v) is 16.2. The van der Waals surface area contributed by atoms with E-state index in [0.717, 1.165) is 32.1 Å². The van der Waals surface area contributed by atoms with Crippen molar-refractivity contribution in [2.24, 2.45) is 0 Å². The Morgan fingerprint density at radius 3 is 1.44 bits per heavy atom. The molecule has 0 amide bonds. The van der Waals surface area contributed by atoms with Crippen LogP contribution >= 0.6 is 7.82 Å². The third-order valence-electron chi connectivity index (χ3n) is 9.45. The quantitative estimate of drug-likeness (QED) is 0.0241. The van der Waals surface area contributed by atoms with E-state index in [1.165, 1.54) is 154 Å². The topological polar surface area (TPSA) is 132 Å². The van der Waals surface area contributed by atoms with Crippen molar-refractivity contribution in [3.8, 4) is 0 Å². The minimum Gasteiger partial charge on any atom is -0.457 e. The van der Waals surface area contributed by atoms with E-state index < -0.39 is 33.2 Å². The number of phosphoric ester groups is 1. The first-order chi connectivity index (χ1) is 25.3. The Bertz CT molecular complexity index is 825. The van der Waals surface area contributed by atoms with Crippen molar-refractivity contribution < 1.29 is 43.0 Å². The number of rotatable bonds is 42. The molecule has 0 saturated carbocycles. The molecule has 0 aliphatic carbocycles. The molecule has 0 fully saturated rings. The number of unbranched alkanes of at least 4 members (excludes halogenated alkanes) is 26. The molecule has 0 aliphatic heterocycles. The molecule has 0 spiro atoms. The second kappa shape index (κ2) is 39.9. The monoisotopic (exact) mass is 763 g/mol. The summed E-state index contributed by atoms with van der Waals surface area (Å²) in [7, 11) is -4.51. The molecule has 9 nitrogen and oxygen atoms in total. The van der Waals surface area contributed by atoms with Gasteiger partial charge < -0.3 is 24.6 Å². The predicted molar refractivity (Wildman–Crippen MR) is 215 cm³/mol. The van der Waals surface area contributed by atoms with Gasteiger partial charge in [-0.1, -0.05) is 174 Å². The van der Waals surface area contributed by atoms with Crippen LogP contribution in [0, 0.1) is 0 Å². The van der Waals surface area contributed by atoms with Gasteiger partial charge in [0.2, 0.25) is 0 Å². The molecule has 0 aromatic rings. The van der Waals surface area contributed by atoms with Gasteiger partial charge >= 0.3 is 13.8 Å². The van der Waals surface area contributed by atoms with Crippen molar-refractivity contribution in [2.45, 2.75) is 219 Å². The van der Waals surface area contributed by atoms with Crippen molar-refractivity contribution in [1.29, 1.82) is 0 Å². The third kappa shape index (κ3) is 38.9. The number of aliphatic hydroxyl groups is 2. The van der Waals surface area contributed by atoms with E-state index in [9.17, 15) is 19.4 Å². The van der Waals surface area contributed by atoms with Gasteiger partial charge in [-0.2, -0.15) is 0 Å². The number of carbonyl (C=O) groups is 1. The summed E-state index contributed by atoms with van der Waals surface area (Å²) in [5, 5.41) is 18.3. The van der Waals surface area contributed by atoms with Crippen molar-refractivity contribution in [3.05, 3.63) is 12.2 Å². The van der Waals surface area contributed by atoms with Gasteiger partial charge in [0.1, 0.15) is 12.2 Å². The van der Waals surface area contributed by atoms with Gasteiger partial charge in [0.05, 0.1) is 26.4 Å². The first-order valence-corrected chi connectivity index (χ1v) is 23.2. The highest BCUT2D eigenvalue weighted by Crippen LogP contribution is 2.43. The highest BCUT2D eigenvalue weighted by atomic mass is 31.2. The van der Waals surface area contributed by atoms with Crippen molar-refractivity contribution in [2.75, 3.05) is 33.0 Å². The second-order valence-electron chi connectivity index (χ2n) is 14.7. The summed E-state index contributed by atoms with van der Waals surface area (Å²) in [6.07, 6.45) is 38.9. The van der Waals surface area contributed by atoms with Gasteiger partial charge in [-0.3, -0.25) is 13.8 Å². The van der Waals surface area contributed by atoms with Crippen LogP contribution in [-0.4, -0.2) is 66.3 Å². The Morgan fingerprint density at radius 1 is 0.577 bits per heavy atom. The molecular formula is C42H83O9P. The largest absolute Gasteiger partial charge is 0.472 e. The smallest absolute Gasteiger partial charge is 0.457 e. The van der Waals surface area contributed by atoms with E-state index in [1.54, 1.807) is 0 Å². The summed E-state index contributed by atoms with van der Waals surface area (Å²) < 4.78 is 33.3. The molecule has 0 aliphatic rings. The summed E-state index contributed by atoms with van der Waals surface area (Å²) in [6, 6.07) is 0. The predicted octanol–water partition coefficient (Wildman–Crippen LogP) is 11.7. The molecule has 0 saturated heterocycles. The molecule has 3 N–H and O–H groups in total. The van der Waals surface area contributed by atoms with Crippen LogP contribution < -0.4 is 0 Å². The Morgan fingerprint density at radius 2 is 0.981 bits per heavy atom. The number of ether oxygens (including phenoxy) is 2. The Hall–Kier alpha value is -0.800. The Labute approximate surface area is 320 Å². The van der Waals surface area contributed by atoms with Gasteiger partial charge in [0.25, 0.3) is 0 Å². The summed E-state index contributed by atoms with van der Waals surface area (Å²) in [4.78, 5) is 22.5. The van der Waals surface area contributed by atoms with Crippen LogP contribution in [0.15, 0.2) is 12.2 Å². The number of esters is 1. The lowest BCUT2D eigenvalue weighted by Crippen LogP contribution is -2.29. The molecule has 310 valence electrons. The zero-order valence-electron chi connectivity index (χ0n) is 33.8. The summed E-state index contributed by atoms with van der Waals surface area (Å²) in [5.74, 6) is -0.382. The molecule has 52 heavy (non-hydrogen) atoms. The summed E-state index contributed by atoms with van der Waals surface area (Å²) in [5.41, 5.74) is 0. The number of hydrogen-bond donors (Lipinski definition) is 3. The maximum Gasteiger partial charge on any atom is 0.472 e. The molecule has 0 rings (SSSR count). The lowest BCUT2D eigenvalue weighted by Gasteiger charge is -2.20. The van der Waals surface area contributed by atoms with E-state index in [2.05, 4.69) is 26.0 Å². The number of carbonyl (C=O) groups excluding carboxylic acids is 1. The Kier molecular flexibility index (Phi) is 39.3. The van der Waals surface area contributed by atoms with E-state index >= 15 is 0 Å². The van der Waals surface area contributed by atoms with Crippen LogP contribution in [0.4, 0.5) is 0 Å². The fourth-order valence-electron chi connectivity index (χ4n) is 6.12. The van der Waals surface area contributed by atoms with Crippen molar-refractivity contribution >= 4 is 13.8 Å². The molecular weight excluding hydrogens is 679 g/mol. The number of aliphatic hydroxyl groups excluding tert-OH is 2. The van der Waals surface area contributed by atoms with Crippen molar-refractivity contribution in [3.63, 3.8) is 0 Å². The summed E-state index contributed by atoms with van der Waals surface area (Å²) in [6.45, 7) is 3.54. The molecule has 0 aromatic heterocycles. The van der Waals surface area contributed by atoms with Gasteiger partial charge in [0.15, 0.2) is 0 Å². The zero-order chi connectivity index (χ0) is 38.2. The number of allylic oxidation sites excluding steroid dienone is 2. The average molecular weight is 763 g/mol. The van der Waals surface area contributed by atoms with Crippen LogP contribution in [0.25, 0.3) is 0 Å². The number of hydrogen-bond acceptors (Lipinski definition) is 8. The molecule has 0 heterocycles. The van der Waals surface area contributed by atoms with Gasteiger partial charge in [-0.25, -0.2) is 4.57 Å². The van der Waals surface area contributed by atoms with Gasteiger partial charge in [-0.15, -0.1) is 0 Å². The van der Waals surface area contributed by atoms with E-state index in [1.807, 2.05) is 0 Å². The van der Waals surface area contributed by atoms with Gasteiger partial charge in [0, 0.05) is 13.0 Å². The lowest BCUT2D eigenvalue weighted by molar-refractivity contribution is -0.154.